The van der Waals surface area contributed by atoms with Crippen molar-refractivity contribution in [3.05, 3.63) is 53.9 Å². The second-order valence-corrected chi connectivity index (χ2v) is 8.87. The minimum absolute atomic E-state index is 0.0170. The standard InChI is InChI=1S/C22H29N5O.CH2O2/c1-17-7-9-27(24-17)10-8-20(28)23-21-18-13-25-11-12-26(14-18)16-22(21,15-25)19-5-3-2-4-6-19;2-1-3/h2-7,9,18,21H,8,10-16H2,1H3,(H,23,28);1H,(H,2,3). The average Bonchev–Trinajstić information content (AvgIpc) is 3.02. The Bertz CT molecular complexity index is 884. The largest absolute Gasteiger partial charge is 0.483 e. The summed E-state index contributed by atoms with van der Waals surface area (Å²) in [7, 11) is 0. The number of piperidine rings is 2. The maximum Gasteiger partial charge on any atom is 0.290 e. The van der Waals surface area contributed by atoms with Gasteiger partial charge in [-0.1, -0.05) is 30.3 Å². The number of carbonyl (C=O) groups is 2. The lowest BCUT2D eigenvalue weighted by Gasteiger charge is -2.55. The van der Waals surface area contributed by atoms with Crippen LogP contribution in [0.2, 0.25) is 0 Å². The number of carbonyl (C=O) groups excluding carboxylic acids is 1. The molecular formula is C23H31N5O3. The van der Waals surface area contributed by atoms with Crippen molar-refractivity contribution in [2.24, 2.45) is 5.92 Å². The Morgan fingerprint density at radius 3 is 2.42 bits per heavy atom. The fourth-order valence-corrected chi connectivity index (χ4v) is 5.62. The first kappa shape index (κ1) is 21.5. The molecule has 1 amide bonds. The van der Waals surface area contributed by atoms with Gasteiger partial charge in [0.1, 0.15) is 0 Å². The van der Waals surface area contributed by atoms with Gasteiger partial charge in [-0.15, -0.1) is 0 Å². The monoisotopic (exact) mass is 425 g/mol. The Hall–Kier alpha value is -2.71. The van der Waals surface area contributed by atoms with Crippen LogP contribution in [0.5, 0.6) is 0 Å². The third kappa shape index (κ3) is 4.50. The van der Waals surface area contributed by atoms with E-state index in [4.69, 9.17) is 9.90 Å². The lowest BCUT2D eigenvalue weighted by Crippen LogP contribution is -2.70. The minimum Gasteiger partial charge on any atom is -0.483 e. The number of benzene rings is 1. The molecule has 4 aliphatic heterocycles. The van der Waals surface area contributed by atoms with Crippen LogP contribution in [0, 0.1) is 12.8 Å². The lowest BCUT2D eigenvalue weighted by atomic mass is 9.64. The zero-order valence-corrected chi connectivity index (χ0v) is 18.0. The highest BCUT2D eigenvalue weighted by molar-refractivity contribution is 5.76. The molecule has 0 aliphatic carbocycles. The number of fused-ring (bicyclic) bond motifs is 1. The van der Waals surface area contributed by atoms with Crippen LogP contribution >= 0.6 is 0 Å². The Morgan fingerprint density at radius 1 is 1.19 bits per heavy atom. The number of hydrogen-bond acceptors (Lipinski definition) is 5. The van der Waals surface area contributed by atoms with Gasteiger partial charge >= 0.3 is 0 Å². The maximum absolute atomic E-state index is 12.9. The van der Waals surface area contributed by atoms with E-state index in [0.29, 0.717) is 18.9 Å². The van der Waals surface area contributed by atoms with Crippen molar-refractivity contribution in [3.8, 4) is 0 Å². The van der Waals surface area contributed by atoms with Crippen LogP contribution in [-0.4, -0.2) is 82.4 Å². The van der Waals surface area contributed by atoms with E-state index in [9.17, 15) is 4.79 Å². The quantitative estimate of drug-likeness (QED) is 0.694. The molecule has 1 aromatic carbocycles. The van der Waals surface area contributed by atoms with Crippen LogP contribution in [0.25, 0.3) is 0 Å². The first-order valence-corrected chi connectivity index (χ1v) is 10.9. The van der Waals surface area contributed by atoms with Gasteiger partial charge < -0.3 is 20.2 Å². The first-order chi connectivity index (χ1) is 15.0. The topological polar surface area (TPSA) is 90.7 Å². The van der Waals surface area contributed by atoms with Crippen LogP contribution in [0.1, 0.15) is 17.7 Å². The van der Waals surface area contributed by atoms with Crippen molar-refractivity contribution in [2.45, 2.75) is 31.3 Å². The molecule has 4 saturated heterocycles. The summed E-state index contributed by atoms with van der Waals surface area (Å²) in [5, 5.41) is 14.8. The van der Waals surface area contributed by atoms with E-state index in [1.807, 2.05) is 23.9 Å². The predicted octanol–water partition coefficient (Wildman–Crippen LogP) is 0.966. The summed E-state index contributed by atoms with van der Waals surface area (Å²) in [4.78, 5) is 26.5. The Balaban J connectivity index is 0.000000730. The second kappa shape index (κ2) is 9.20. The van der Waals surface area contributed by atoms with Crippen molar-refractivity contribution in [3.63, 3.8) is 0 Å². The third-order valence-electron chi connectivity index (χ3n) is 6.80. The number of aromatic nitrogens is 2. The van der Waals surface area contributed by atoms with Crippen molar-refractivity contribution in [2.75, 3.05) is 39.3 Å². The molecule has 2 aromatic rings. The minimum atomic E-state index is -0.250. The van der Waals surface area contributed by atoms with Crippen molar-refractivity contribution >= 4 is 12.4 Å². The van der Waals surface area contributed by atoms with Crippen LogP contribution < -0.4 is 5.32 Å². The molecule has 5 heterocycles. The normalized spacial score (nSPS) is 30.7. The van der Waals surface area contributed by atoms with E-state index >= 15 is 0 Å². The molecule has 2 N–H and O–H groups in total. The highest BCUT2D eigenvalue weighted by atomic mass is 16.3. The molecule has 31 heavy (non-hydrogen) atoms. The van der Waals surface area contributed by atoms with Gasteiger partial charge in [0.05, 0.1) is 5.69 Å². The molecule has 8 heteroatoms. The number of aryl methyl sites for hydroxylation is 2. The zero-order chi connectivity index (χ0) is 21.8. The first-order valence-electron chi connectivity index (χ1n) is 10.9. The number of rotatable bonds is 5. The smallest absolute Gasteiger partial charge is 0.290 e. The summed E-state index contributed by atoms with van der Waals surface area (Å²) in [6, 6.07) is 13.0. The molecule has 1 aromatic heterocycles. The SMILES string of the molecule is Cc1ccn(CCC(=O)NC2C3CN4CCN(C3)CC2(c2ccccc2)C4)n1.O=CO. The summed E-state index contributed by atoms with van der Waals surface area (Å²) in [6.07, 6.45) is 2.42. The highest BCUT2D eigenvalue weighted by Crippen LogP contribution is 2.43. The highest BCUT2D eigenvalue weighted by Gasteiger charge is 2.55. The summed E-state index contributed by atoms with van der Waals surface area (Å²) in [5.74, 6) is 0.630. The van der Waals surface area contributed by atoms with Crippen LogP contribution in [0.15, 0.2) is 42.6 Å². The van der Waals surface area contributed by atoms with E-state index in [-0.39, 0.29) is 23.8 Å². The van der Waals surface area contributed by atoms with Gasteiger partial charge in [0.15, 0.2) is 0 Å². The molecule has 4 fully saturated rings. The fraction of sp³-hybridized carbons (Fsp3) is 0.522. The van der Waals surface area contributed by atoms with E-state index in [1.54, 1.807) is 0 Å². The molecule has 6 rings (SSSR count). The summed E-state index contributed by atoms with van der Waals surface area (Å²) in [5.41, 5.74) is 2.34. The molecule has 4 aliphatic rings. The molecule has 3 atom stereocenters. The molecule has 3 unspecified atom stereocenters. The summed E-state index contributed by atoms with van der Waals surface area (Å²) in [6.45, 7) is 8.90. The van der Waals surface area contributed by atoms with Gasteiger partial charge in [-0.3, -0.25) is 14.3 Å². The average molecular weight is 426 g/mol. The van der Waals surface area contributed by atoms with Crippen molar-refractivity contribution < 1.29 is 14.7 Å². The predicted molar refractivity (Wildman–Crippen MR) is 117 cm³/mol. The molecule has 8 nitrogen and oxygen atoms in total. The number of nitrogens with one attached hydrogen (secondary N) is 1. The molecular weight excluding hydrogens is 394 g/mol. The molecule has 4 bridgehead atoms. The van der Waals surface area contributed by atoms with Gasteiger partial charge in [-0.25, -0.2) is 0 Å². The van der Waals surface area contributed by atoms with Crippen molar-refractivity contribution in [1.82, 2.24) is 24.9 Å². The number of amides is 1. The van der Waals surface area contributed by atoms with Gasteiger partial charge in [0.2, 0.25) is 5.91 Å². The number of nitrogens with zero attached hydrogens (tertiary/aromatic N) is 4. The third-order valence-corrected chi connectivity index (χ3v) is 6.80. The van der Waals surface area contributed by atoms with Gasteiger partial charge in [0.25, 0.3) is 6.47 Å². The molecule has 166 valence electrons. The number of hydrogen-bond donors (Lipinski definition) is 2. The van der Waals surface area contributed by atoms with E-state index in [2.05, 4.69) is 50.5 Å². The number of carboxylic acid groups (broad SMARTS) is 1. The molecule has 0 spiro atoms. The van der Waals surface area contributed by atoms with Gasteiger partial charge in [-0.05, 0) is 18.6 Å². The lowest BCUT2D eigenvalue weighted by molar-refractivity contribution is -0.125. The molecule has 0 radical (unpaired) electrons. The maximum atomic E-state index is 12.9. The van der Waals surface area contributed by atoms with Crippen LogP contribution in [0.4, 0.5) is 0 Å². The van der Waals surface area contributed by atoms with Gasteiger partial charge in [0, 0.05) is 75.8 Å². The Kier molecular flexibility index (Phi) is 6.38. The van der Waals surface area contributed by atoms with Crippen LogP contribution in [0.3, 0.4) is 0 Å². The zero-order valence-electron chi connectivity index (χ0n) is 18.0. The fourth-order valence-electron chi connectivity index (χ4n) is 5.62. The Labute approximate surface area is 182 Å². The van der Waals surface area contributed by atoms with E-state index < -0.39 is 0 Å². The van der Waals surface area contributed by atoms with Crippen molar-refractivity contribution in [1.29, 1.82) is 0 Å². The molecule has 0 saturated carbocycles. The van der Waals surface area contributed by atoms with E-state index in [0.717, 1.165) is 45.0 Å². The van der Waals surface area contributed by atoms with E-state index in [1.165, 1.54) is 5.56 Å². The Morgan fingerprint density at radius 2 is 1.84 bits per heavy atom. The second-order valence-electron chi connectivity index (χ2n) is 8.87. The summed E-state index contributed by atoms with van der Waals surface area (Å²) >= 11 is 0. The summed E-state index contributed by atoms with van der Waals surface area (Å²) < 4.78 is 1.86. The van der Waals surface area contributed by atoms with Gasteiger partial charge in [-0.2, -0.15) is 5.10 Å². The van der Waals surface area contributed by atoms with Crippen LogP contribution in [-0.2, 0) is 21.5 Å².